The Kier molecular flexibility index (Phi) is 6.56. The van der Waals surface area contributed by atoms with E-state index in [0.717, 1.165) is 28.3 Å². The Bertz CT molecular complexity index is 1560. The first kappa shape index (κ1) is 24.4. The summed E-state index contributed by atoms with van der Waals surface area (Å²) < 4.78 is 34.5. The molecule has 0 fully saturated rings. The van der Waals surface area contributed by atoms with Crippen LogP contribution >= 0.6 is 0 Å². The molecule has 0 spiro atoms. The summed E-state index contributed by atoms with van der Waals surface area (Å²) in [6.07, 6.45) is 7.08. The zero-order chi connectivity index (χ0) is 26.1. The molecule has 5 aromatic rings. The third kappa shape index (κ3) is 4.87. The molecule has 188 valence electrons. The number of hydrogen-bond acceptors (Lipinski definition) is 5. The van der Waals surface area contributed by atoms with Gasteiger partial charge in [-0.3, -0.25) is 14.3 Å². The molecule has 8 heteroatoms. The lowest BCUT2D eigenvalue weighted by Gasteiger charge is -2.15. The molecule has 0 amide bonds. The second-order valence-corrected chi connectivity index (χ2v) is 9.29. The third-order valence-corrected chi connectivity index (χ3v) is 6.34. The zero-order valence-corrected chi connectivity index (χ0v) is 20.4. The summed E-state index contributed by atoms with van der Waals surface area (Å²) in [5.74, 6) is -1.41. The number of phenols is 1. The fourth-order valence-electron chi connectivity index (χ4n) is 4.82. The largest absolute Gasteiger partial charge is 0.507 e. The highest BCUT2D eigenvalue weighted by Gasteiger charge is 2.26. The van der Waals surface area contributed by atoms with Crippen LogP contribution in [0, 0.1) is 11.6 Å². The van der Waals surface area contributed by atoms with E-state index in [1.165, 1.54) is 24.6 Å². The number of nitrogens with zero attached hydrogens (tertiary/aromatic N) is 3. The number of benzene rings is 2. The third-order valence-electron chi connectivity index (χ3n) is 6.34. The van der Waals surface area contributed by atoms with Gasteiger partial charge in [-0.1, -0.05) is 19.9 Å². The van der Waals surface area contributed by atoms with Crippen molar-refractivity contribution in [2.24, 2.45) is 0 Å². The van der Waals surface area contributed by atoms with Gasteiger partial charge in [0.1, 0.15) is 23.6 Å². The highest BCUT2D eigenvalue weighted by Crippen LogP contribution is 2.39. The molecule has 0 bridgehead atoms. The molecule has 1 N–H and O–H groups in total. The highest BCUT2D eigenvalue weighted by molar-refractivity contribution is 5.99. The maximum absolute atomic E-state index is 13.7. The number of pyridine rings is 1. The fraction of sp³-hybridized carbons (Fsp3) is 0.207. The van der Waals surface area contributed by atoms with Crippen LogP contribution in [-0.2, 0) is 12.8 Å². The van der Waals surface area contributed by atoms with Crippen molar-refractivity contribution in [1.82, 2.24) is 14.5 Å². The number of carbonyl (C=O) groups is 1. The molecule has 0 aliphatic rings. The maximum Gasteiger partial charge on any atom is 0.231 e. The minimum absolute atomic E-state index is 0.0162. The van der Waals surface area contributed by atoms with E-state index in [1.807, 2.05) is 26.0 Å². The van der Waals surface area contributed by atoms with E-state index < -0.39 is 11.6 Å². The van der Waals surface area contributed by atoms with Gasteiger partial charge in [-0.25, -0.2) is 13.8 Å². The predicted molar refractivity (Wildman–Crippen MR) is 136 cm³/mol. The van der Waals surface area contributed by atoms with Gasteiger partial charge >= 0.3 is 0 Å². The summed E-state index contributed by atoms with van der Waals surface area (Å²) in [5.41, 5.74) is 4.03. The van der Waals surface area contributed by atoms with Gasteiger partial charge in [0.15, 0.2) is 0 Å². The first-order valence-electron chi connectivity index (χ1n) is 12.0. The van der Waals surface area contributed by atoms with Crippen LogP contribution in [0.25, 0.3) is 22.4 Å². The average molecular weight is 502 g/mol. The van der Waals surface area contributed by atoms with Crippen molar-refractivity contribution in [3.05, 3.63) is 101 Å². The van der Waals surface area contributed by atoms with Crippen LogP contribution in [-0.4, -0.2) is 25.5 Å². The number of aromatic hydroxyl groups is 1. The van der Waals surface area contributed by atoms with Gasteiger partial charge in [0.05, 0.1) is 17.3 Å². The minimum atomic E-state index is -0.679. The SMILES string of the molecule is CC(C)c1c(Cc2cccnc2)c2cc(O)c(-c3ncco3)cc2n1C(=O)CCc1cc(F)cc(F)c1. The molecule has 37 heavy (non-hydrogen) atoms. The Hall–Kier alpha value is -4.33. The summed E-state index contributed by atoms with van der Waals surface area (Å²) in [6, 6.07) is 10.4. The number of halogens is 2. The van der Waals surface area contributed by atoms with E-state index in [9.17, 15) is 18.7 Å². The molecule has 3 heterocycles. The van der Waals surface area contributed by atoms with Gasteiger partial charge in [0.2, 0.25) is 11.8 Å². The number of phenolic OH excluding ortho intramolecular Hbond substituents is 1. The molecule has 0 radical (unpaired) electrons. The topological polar surface area (TPSA) is 81.2 Å². The van der Waals surface area contributed by atoms with Gasteiger partial charge in [-0.15, -0.1) is 0 Å². The molecule has 0 aliphatic carbocycles. The Balaban J connectivity index is 1.66. The van der Waals surface area contributed by atoms with Gasteiger partial charge < -0.3 is 9.52 Å². The van der Waals surface area contributed by atoms with Crippen LogP contribution in [0.1, 0.15) is 53.4 Å². The number of oxazole rings is 1. The van der Waals surface area contributed by atoms with E-state index in [4.69, 9.17) is 4.42 Å². The first-order chi connectivity index (χ1) is 17.8. The first-order valence-corrected chi connectivity index (χ1v) is 12.0. The molecule has 0 aliphatic heterocycles. The van der Waals surface area contributed by atoms with Crippen LogP contribution in [0.2, 0.25) is 0 Å². The summed E-state index contributed by atoms with van der Waals surface area (Å²) in [5, 5.41) is 11.6. The summed E-state index contributed by atoms with van der Waals surface area (Å²) in [6.45, 7) is 4.00. The van der Waals surface area contributed by atoms with Crippen LogP contribution < -0.4 is 0 Å². The molecular formula is C29H25F2N3O3. The van der Waals surface area contributed by atoms with E-state index in [2.05, 4.69) is 9.97 Å². The normalized spacial score (nSPS) is 11.5. The van der Waals surface area contributed by atoms with Crippen LogP contribution in [0.15, 0.2) is 71.7 Å². The van der Waals surface area contributed by atoms with Crippen molar-refractivity contribution in [3.8, 4) is 17.2 Å². The number of fused-ring (bicyclic) bond motifs is 1. The van der Waals surface area contributed by atoms with Gasteiger partial charge in [0, 0.05) is 42.4 Å². The molecule has 5 rings (SSSR count). The molecular weight excluding hydrogens is 476 g/mol. The van der Waals surface area contributed by atoms with Crippen molar-refractivity contribution >= 4 is 16.8 Å². The minimum Gasteiger partial charge on any atom is -0.507 e. The number of aromatic nitrogens is 3. The quantitative estimate of drug-likeness (QED) is 0.270. The monoisotopic (exact) mass is 501 g/mol. The van der Waals surface area contributed by atoms with E-state index in [0.29, 0.717) is 23.1 Å². The average Bonchev–Trinajstić information content (AvgIpc) is 3.49. The second-order valence-electron chi connectivity index (χ2n) is 9.29. The molecule has 0 saturated heterocycles. The lowest BCUT2D eigenvalue weighted by Crippen LogP contribution is -2.16. The Morgan fingerprint density at radius 2 is 1.86 bits per heavy atom. The summed E-state index contributed by atoms with van der Waals surface area (Å²) in [4.78, 5) is 22.1. The number of carbonyl (C=O) groups excluding carboxylic acids is 1. The lowest BCUT2D eigenvalue weighted by atomic mass is 9.97. The molecule has 6 nitrogen and oxygen atoms in total. The van der Waals surface area contributed by atoms with Crippen molar-refractivity contribution < 1.29 is 23.1 Å². The van der Waals surface area contributed by atoms with Gasteiger partial charge in [-0.05, 0) is 59.4 Å². The van der Waals surface area contributed by atoms with Crippen molar-refractivity contribution in [2.45, 2.75) is 39.0 Å². The van der Waals surface area contributed by atoms with Crippen LogP contribution in [0.3, 0.4) is 0 Å². The van der Waals surface area contributed by atoms with E-state index >= 15 is 0 Å². The Labute approximate surface area is 212 Å². The van der Waals surface area contributed by atoms with Crippen molar-refractivity contribution in [1.29, 1.82) is 0 Å². The number of rotatable bonds is 7. The predicted octanol–water partition coefficient (Wildman–Crippen LogP) is 6.66. The standard InChI is InChI=1S/C29H25F2N3O3/c1-17(2)28-23(12-19-4-3-7-32-16-19)22-15-26(35)24(29-33-8-9-37-29)14-25(22)34(28)27(36)6-5-18-10-20(30)13-21(31)11-18/h3-4,7-11,13-17,35H,5-6,12H2,1-2H3. The summed E-state index contributed by atoms with van der Waals surface area (Å²) >= 11 is 0. The van der Waals surface area contributed by atoms with E-state index in [-0.39, 0.29) is 36.3 Å². The smallest absolute Gasteiger partial charge is 0.231 e. The van der Waals surface area contributed by atoms with Gasteiger partial charge in [-0.2, -0.15) is 0 Å². The Morgan fingerprint density at radius 3 is 2.51 bits per heavy atom. The van der Waals surface area contributed by atoms with Crippen molar-refractivity contribution in [3.63, 3.8) is 0 Å². The fourth-order valence-corrected chi connectivity index (χ4v) is 4.82. The van der Waals surface area contributed by atoms with E-state index in [1.54, 1.807) is 29.1 Å². The number of aryl methyl sites for hydroxylation is 1. The second kappa shape index (κ2) is 9.97. The maximum atomic E-state index is 13.7. The van der Waals surface area contributed by atoms with Crippen LogP contribution in [0.5, 0.6) is 5.75 Å². The van der Waals surface area contributed by atoms with Crippen LogP contribution in [0.4, 0.5) is 8.78 Å². The molecule has 0 saturated carbocycles. The zero-order valence-electron chi connectivity index (χ0n) is 20.4. The van der Waals surface area contributed by atoms with Gasteiger partial charge in [0.25, 0.3) is 0 Å². The molecule has 2 aromatic carbocycles. The highest BCUT2D eigenvalue weighted by atomic mass is 19.1. The summed E-state index contributed by atoms with van der Waals surface area (Å²) in [7, 11) is 0. The Morgan fingerprint density at radius 1 is 1.08 bits per heavy atom. The molecule has 0 atom stereocenters. The molecule has 0 unspecified atom stereocenters. The number of hydrogen-bond donors (Lipinski definition) is 1. The lowest BCUT2D eigenvalue weighted by molar-refractivity contribution is 0.0904. The molecule has 3 aromatic heterocycles. The van der Waals surface area contributed by atoms with Crippen molar-refractivity contribution in [2.75, 3.05) is 0 Å².